The van der Waals surface area contributed by atoms with Gasteiger partial charge in [-0.3, -0.25) is 9.69 Å². The van der Waals surface area contributed by atoms with Gasteiger partial charge >= 0.3 is 0 Å². The number of carbonyl (C=O) groups excluding carboxylic acids is 1. The summed E-state index contributed by atoms with van der Waals surface area (Å²) in [4.78, 5) is 14.4. The number of hydrogen-bond donors (Lipinski definition) is 1. The largest absolute Gasteiger partial charge is 0.337 e. The molecular weight excluding hydrogens is 293 g/mol. The molecule has 2 fully saturated rings. The molecule has 1 atom stereocenters. The molecule has 3 rings (SSSR count). The fraction of sp³-hybridized carbons (Fsp3) is 0.556. The Balaban J connectivity index is 1.62. The summed E-state index contributed by atoms with van der Waals surface area (Å²) in [6.45, 7) is 2.43. The van der Waals surface area contributed by atoms with Crippen LogP contribution in [0.2, 0.25) is 0 Å². The molecule has 0 heterocycles. The lowest BCUT2D eigenvalue weighted by atomic mass is 9.98. The minimum Gasteiger partial charge on any atom is -0.337 e. The molecule has 122 valence electrons. The molecule has 2 aliphatic rings. The zero-order valence-corrected chi connectivity index (χ0v) is 13.4. The monoisotopic (exact) mass is 315 g/mol. The topological polar surface area (TPSA) is 56.1 Å². The van der Waals surface area contributed by atoms with Crippen molar-refractivity contribution in [3.05, 3.63) is 35.6 Å². The van der Waals surface area contributed by atoms with Gasteiger partial charge in [0.25, 0.3) is 0 Å². The molecule has 1 amide bonds. The second kappa shape index (κ2) is 6.29. The van der Waals surface area contributed by atoms with Crippen molar-refractivity contribution in [3.63, 3.8) is 0 Å². The van der Waals surface area contributed by atoms with Gasteiger partial charge in [0.1, 0.15) is 11.4 Å². The van der Waals surface area contributed by atoms with Crippen molar-refractivity contribution in [2.75, 3.05) is 6.54 Å². The summed E-state index contributed by atoms with van der Waals surface area (Å²) in [6.07, 6.45) is 4.07. The van der Waals surface area contributed by atoms with Crippen LogP contribution in [0, 0.1) is 23.1 Å². The summed E-state index contributed by atoms with van der Waals surface area (Å²) in [5, 5.41) is 12.2. The number of carbonyl (C=O) groups is 1. The van der Waals surface area contributed by atoms with Crippen molar-refractivity contribution in [1.29, 1.82) is 5.26 Å². The van der Waals surface area contributed by atoms with Crippen LogP contribution in [0.5, 0.6) is 0 Å². The smallest absolute Gasteiger partial charge is 0.235 e. The van der Waals surface area contributed by atoms with E-state index in [-0.39, 0.29) is 24.2 Å². The molecule has 0 spiro atoms. The number of rotatable bonds is 7. The van der Waals surface area contributed by atoms with Crippen LogP contribution in [0.4, 0.5) is 4.39 Å². The standard InChI is InChI=1S/C18H22FN3O/c1-18(12-20,14-6-7-14)21-17(23)11-22(15-8-9-15)10-13-4-2-3-5-16(13)19/h2-5,14-15H,6-11H2,1H3,(H,21,23)/t18-/m1/s1. The maximum Gasteiger partial charge on any atom is 0.235 e. The summed E-state index contributed by atoms with van der Waals surface area (Å²) in [5.74, 6) is -0.125. The van der Waals surface area contributed by atoms with Gasteiger partial charge in [-0.15, -0.1) is 0 Å². The second-order valence-corrected chi connectivity index (χ2v) is 6.86. The highest BCUT2D eigenvalue weighted by molar-refractivity contribution is 5.79. The molecule has 23 heavy (non-hydrogen) atoms. The highest BCUT2D eigenvalue weighted by Crippen LogP contribution is 2.39. The highest BCUT2D eigenvalue weighted by atomic mass is 19.1. The Morgan fingerprint density at radius 2 is 2.09 bits per heavy atom. The number of nitrogens with zero attached hydrogens (tertiary/aromatic N) is 2. The third-order valence-electron chi connectivity index (χ3n) is 4.77. The lowest BCUT2D eigenvalue weighted by Gasteiger charge is -2.26. The van der Waals surface area contributed by atoms with Gasteiger partial charge in [-0.25, -0.2) is 4.39 Å². The minimum absolute atomic E-state index is 0.149. The van der Waals surface area contributed by atoms with Crippen molar-refractivity contribution in [2.24, 2.45) is 5.92 Å². The Morgan fingerprint density at radius 1 is 1.39 bits per heavy atom. The van der Waals surface area contributed by atoms with Crippen LogP contribution in [0.3, 0.4) is 0 Å². The van der Waals surface area contributed by atoms with E-state index in [1.54, 1.807) is 19.1 Å². The lowest BCUT2D eigenvalue weighted by Crippen LogP contribution is -2.50. The molecule has 2 saturated carbocycles. The normalized spacial score (nSPS) is 19.9. The number of halogens is 1. The average Bonchev–Trinajstić information content (AvgIpc) is 3.41. The fourth-order valence-electron chi connectivity index (χ4n) is 2.99. The second-order valence-electron chi connectivity index (χ2n) is 6.86. The number of benzene rings is 1. The van der Waals surface area contributed by atoms with E-state index in [1.807, 2.05) is 11.0 Å². The summed E-state index contributed by atoms with van der Waals surface area (Å²) < 4.78 is 13.8. The zero-order chi connectivity index (χ0) is 16.4. The van der Waals surface area contributed by atoms with E-state index in [0.717, 1.165) is 25.7 Å². The predicted octanol–water partition coefficient (Wildman–Crippen LogP) is 2.60. The van der Waals surface area contributed by atoms with Gasteiger partial charge in [0, 0.05) is 18.2 Å². The molecule has 5 heteroatoms. The third-order valence-corrected chi connectivity index (χ3v) is 4.77. The van der Waals surface area contributed by atoms with Crippen LogP contribution in [0.1, 0.15) is 38.2 Å². The van der Waals surface area contributed by atoms with Gasteiger partial charge in [-0.05, 0) is 44.6 Å². The zero-order valence-electron chi connectivity index (χ0n) is 13.4. The average molecular weight is 315 g/mol. The van der Waals surface area contributed by atoms with Crippen molar-refractivity contribution in [1.82, 2.24) is 10.2 Å². The van der Waals surface area contributed by atoms with E-state index in [2.05, 4.69) is 11.4 Å². The van der Waals surface area contributed by atoms with E-state index in [1.165, 1.54) is 6.07 Å². The van der Waals surface area contributed by atoms with Crippen LogP contribution >= 0.6 is 0 Å². The number of nitrogens with one attached hydrogen (secondary N) is 1. The van der Waals surface area contributed by atoms with Crippen molar-refractivity contribution < 1.29 is 9.18 Å². The van der Waals surface area contributed by atoms with E-state index in [4.69, 9.17) is 0 Å². The van der Waals surface area contributed by atoms with E-state index in [9.17, 15) is 14.4 Å². The SMILES string of the molecule is C[C@](C#N)(NC(=O)CN(Cc1ccccc1F)C1CC1)C1CC1. The van der Waals surface area contributed by atoms with Crippen LogP contribution in [-0.2, 0) is 11.3 Å². The summed E-state index contributed by atoms with van der Waals surface area (Å²) >= 11 is 0. The molecule has 2 aliphatic carbocycles. The van der Waals surface area contributed by atoms with Crippen molar-refractivity contribution in [3.8, 4) is 6.07 Å². The maximum absolute atomic E-state index is 13.8. The molecule has 1 aromatic rings. The molecular formula is C18H22FN3O. The van der Waals surface area contributed by atoms with Gasteiger partial charge in [-0.2, -0.15) is 5.26 Å². The molecule has 1 N–H and O–H groups in total. The summed E-state index contributed by atoms with van der Waals surface area (Å²) in [7, 11) is 0. The molecule has 0 unspecified atom stereocenters. The van der Waals surface area contributed by atoms with E-state index in [0.29, 0.717) is 18.2 Å². The van der Waals surface area contributed by atoms with E-state index >= 15 is 0 Å². The Hall–Kier alpha value is -1.93. The molecule has 0 radical (unpaired) electrons. The molecule has 0 aliphatic heterocycles. The van der Waals surface area contributed by atoms with Crippen molar-refractivity contribution >= 4 is 5.91 Å². The summed E-state index contributed by atoms with van der Waals surface area (Å²) in [6, 6.07) is 9.26. The molecule has 1 aromatic carbocycles. The summed E-state index contributed by atoms with van der Waals surface area (Å²) in [5.41, 5.74) is -0.165. The Kier molecular flexibility index (Phi) is 4.36. The Bertz CT molecular complexity index is 633. The number of nitriles is 1. The van der Waals surface area contributed by atoms with Gasteiger partial charge < -0.3 is 5.32 Å². The quantitative estimate of drug-likeness (QED) is 0.841. The number of hydrogen-bond acceptors (Lipinski definition) is 3. The first-order valence-corrected chi connectivity index (χ1v) is 8.21. The first-order chi connectivity index (χ1) is 11.0. The third kappa shape index (κ3) is 3.89. The van der Waals surface area contributed by atoms with Gasteiger partial charge in [-0.1, -0.05) is 18.2 Å². The Labute approximate surface area is 136 Å². The van der Waals surface area contributed by atoms with E-state index < -0.39 is 5.54 Å². The van der Waals surface area contributed by atoms with Crippen LogP contribution in [0.15, 0.2) is 24.3 Å². The van der Waals surface area contributed by atoms with Gasteiger partial charge in [0.05, 0.1) is 12.6 Å². The highest BCUT2D eigenvalue weighted by Gasteiger charge is 2.43. The molecule has 4 nitrogen and oxygen atoms in total. The first-order valence-electron chi connectivity index (χ1n) is 8.21. The molecule has 0 aromatic heterocycles. The first kappa shape index (κ1) is 15.9. The maximum atomic E-state index is 13.8. The van der Waals surface area contributed by atoms with Crippen LogP contribution < -0.4 is 5.32 Å². The lowest BCUT2D eigenvalue weighted by molar-refractivity contribution is -0.124. The fourth-order valence-corrected chi connectivity index (χ4v) is 2.99. The van der Waals surface area contributed by atoms with Crippen LogP contribution in [-0.4, -0.2) is 28.9 Å². The van der Waals surface area contributed by atoms with Crippen molar-refractivity contribution in [2.45, 2.75) is 50.7 Å². The number of amides is 1. The van der Waals surface area contributed by atoms with Crippen LogP contribution in [0.25, 0.3) is 0 Å². The van der Waals surface area contributed by atoms with Gasteiger partial charge in [0.2, 0.25) is 5.91 Å². The minimum atomic E-state index is -0.774. The molecule has 0 saturated heterocycles. The predicted molar refractivity (Wildman–Crippen MR) is 84.7 cm³/mol. The Morgan fingerprint density at radius 3 is 2.65 bits per heavy atom. The van der Waals surface area contributed by atoms with Gasteiger partial charge in [0.15, 0.2) is 0 Å². The molecule has 0 bridgehead atoms.